The first-order chi connectivity index (χ1) is 14.0. The van der Waals surface area contributed by atoms with E-state index in [-0.39, 0.29) is 11.5 Å². The molecule has 1 N–H and O–H groups in total. The van der Waals surface area contributed by atoms with Gasteiger partial charge in [-0.3, -0.25) is 18.7 Å². The van der Waals surface area contributed by atoms with Crippen molar-refractivity contribution in [3.05, 3.63) is 69.4 Å². The Morgan fingerprint density at radius 2 is 1.76 bits per heavy atom. The van der Waals surface area contributed by atoms with Crippen LogP contribution in [0.3, 0.4) is 0 Å². The van der Waals surface area contributed by atoms with E-state index in [4.69, 9.17) is 4.74 Å². The van der Waals surface area contributed by atoms with E-state index >= 15 is 0 Å². The van der Waals surface area contributed by atoms with Crippen LogP contribution in [0.1, 0.15) is 32.7 Å². The van der Waals surface area contributed by atoms with Crippen LogP contribution in [-0.2, 0) is 11.3 Å². The number of benzene rings is 2. The van der Waals surface area contributed by atoms with E-state index < -0.39 is 11.7 Å². The molecule has 7 heteroatoms. The van der Waals surface area contributed by atoms with Crippen molar-refractivity contribution < 1.29 is 9.53 Å². The van der Waals surface area contributed by atoms with Gasteiger partial charge in [0.15, 0.2) is 0 Å². The zero-order valence-electron chi connectivity index (χ0n) is 16.8. The molecule has 152 valence electrons. The summed E-state index contributed by atoms with van der Waals surface area (Å²) in [7, 11) is 1.57. The molecule has 2 aromatic carbocycles. The lowest BCUT2D eigenvalue weighted by atomic mass is 10.1. The van der Waals surface area contributed by atoms with Crippen LogP contribution in [0.25, 0.3) is 10.9 Å². The first-order valence-corrected chi connectivity index (χ1v) is 9.70. The summed E-state index contributed by atoms with van der Waals surface area (Å²) in [6, 6.07) is 13.1. The van der Waals surface area contributed by atoms with E-state index in [1.54, 1.807) is 55.6 Å². The van der Waals surface area contributed by atoms with E-state index in [9.17, 15) is 14.4 Å². The van der Waals surface area contributed by atoms with E-state index in [1.807, 2.05) is 13.8 Å². The molecule has 0 bridgehead atoms. The number of carbonyl (C=O) groups excluding carboxylic acids is 1. The third-order valence-electron chi connectivity index (χ3n) is 4.88. The summed E-state index contributed by atoms with van der Waals surface area (Å²) >= 11 is 0. The highest BCUT2D eigenvalue weighted by Crippen LogP contribution is 2.20. The lowest BCUT2D eigenvalue weighted by Gasteiger charge is -2.21. The van der Waals surface area contributed by atoms with Crippen LogP contribution in [-0.4, -0.2) is 22.2 Å². The van der Waals surface area contributed by atoms with Gasteiger partial charge in [0.25, 0.3) is 5.56 Å². The number of amides is 1. The van der Waals surface area contributed by atoms with Crippen molar-refractivity contribution in [2.45, 2.75) is 39.3 Å². The van der Waals surface area contributed by atoms with Gasteiger partial charge in [0.05, 0.1) is 18.0 Å². The van der Waals surface area contributed by atoms with E-state index in [0.717, 1.165) is 0 Å². The summed E-state index contributed by atoms with van der Waals surface area (Å²) in [6.07, 6.45) is 1.04. The van der Waals surface area contributed by atoms with E-state index in [2.05, 4.69) is 5.32 Å². The molecule has 3 rings (SSSR count). The zero-order chi connectivity index (χ0) is 21.0. The minimum atomic E-state index is -0.752. The van der Waals surface area contributed by atoms with Gasteiger partial charge in [-0.2, -0.15) is 0 Å². The molecule has 0 radical (unpaired) electrons. The molecule has 0 fully saturated rings. The molecule has 3 aromatic rings. The molecule has 7 nitrogen and oxygen atoms in total. The van der Waals surface area contributed by atoms with Gasteiger partial charge in [-0.25, -0.2) is 4.79 Å². The maximum absolute atomic E-state index is 13.2. The second-order valence-corrected chi connectivity index (χ2v) is 6.77. The Morgan fingerprint density at radius 3 is 2.38 bits per heavy atom. The zero-order valence-corrected chi connectivity index (χ0v) is 16.8. The average Bonchev–Trinajstić information content (AvgIpc) is 2.74. The molecular weight excluding hydrogens is 370 g/mol. The highest BCUT2D eigenvalue weighted by atomic mass is 16.5. The molecule has 0 unspecified atom stereocenters. The number of methoxy groups -OCH3 is 1. The van der Waals surface area contributed by atoms with Crippen LogP contribution in [0.2, 0.25) is 0 Å². The highest BCUT2D eigenvalue weighted by molar-refractivity contribution is 5.94. The molecule has 0 aliphatic carbocycles. The average molecular weight is 395 g/mol. The van der Waals surface area contributed by atoms with Gasteiger partial charge < -0.3 is 10.1 Å². The van der Waals surface area contributed by atoms with Crippen LogP contribution in [0, 0.1) is 0 Å². The minimum absolute atomic E-state index is 0.305. The first kappa shape index (κ1) is 20.4. The first-order valence-electron chi connectivity index (χ1n) is 9.70. The summed E-state index contributed by atoms with van der Waals surface area (Å²) in [5, 5.41) is 3.29. The molecule has 0 aliphatic heterocycles. The standard InChI is InChI=1S/C22H25N3O4/c1-4-14-24-21(27)17-8-6-7-9-19(17)25(22(24)28)18(5-2)20(26)23-15-10-12-16(29-3)13-11-15/h6-13,18H,4-5,14H2,1-3H3,(H,23,26)/t18-/m1/s1. The highest BCUT2D eigenvalue weighted by Gasteiger charge is 2.24. The molecule has 0 saturated heterocycles. The molecule has 1 heterocycles. The van der Waals surface area contributed by atoms with Crippen LogP contribution in [0.15, 0.2) is 58.1 Å². The van der Waals surface area contributed by atoms with E-state index in [1.165, 1.54) is 9.13 Å². The number of fused-ring (bicyclic) bond motifs is 1. The number of nitrogens with one attached hydrogen (secondary N) is 1. The summed E-state index contributed by atoms with van der Waals surface area (Å²) in [4.78, 5) is 39.0. The Kier molecular flexibility index (Phi) is 6.16. The lowest BCUT2D eigenvalue weighted by Crippen LogP contribution is -2.43. The van der Waals surface area contributed by atoms with Gasteiger partial charge in [-0.05, 0) is 49.2 Å². The molecular formula is C22H25N3O4. The number of aromatic nitrogens is 2. The Hall–Kier alpha value is -3.35. The maximum Gasteiger partial charge on any atom is 0.332 e. The molecule has 1 amide bonds. The van der Waals surface area contributed by atoms with Gasteiger partial charge >= 0.3 is 5.69 Å². The van der Waals surface area contributed by atoms with Crippen LogP contribution in [0.5, 0.6) is 5.75 Å². The van der Waals surface area contributed by atoms with Crippen LogP contribution >= 0.6 is 0 Å². The normalized spacial score (nSPS) is 12.0. The number of ether oxygens (including phenoxy) is 1. The molecule has 1 aromatic heterocycles. The Labute approximate surface area is 168 Å². The molecule has 0 spiro atoms. The SMILES string of the molecule is CCCn1c(=O)c2ccccc2n([C@H](CC)C(=O)Nc2ccc(OC)cc2)c1=O. The fourth-order valence-electron chi connectivity index (χ4n) is 3.44. The quantitative estimate of drug-likeness (QED) is 0.666. The third kappa shape index (κ3) is 3.94. The largest absolute Gasteiger partial charge is 0.497 e. The van der Waals surface area contributed by atoms with Crippen LogP contribution in [0.4, 0.5) is 5.69 Å². The van der Waals surface area contributed by atoms with Gasteiger partial charge in [-0.1, -0.05) is 26.0 Å². The summed E-state index contributed by atoms with van der Waals surface area (Å²) in [5.74, 6) is 0.371. The van der Waals surface area contributed by atoms with Crippen molar-refractivity contribution in [2.24, 2.45) is 0 Å². The van der Waals surface area contributed by atoms with Crippen molar-refractivity contribution >= 4 is 22.5 Å². The lowest BCUT2D eigenvalue weighted by molar-refractivity contribution is -0.119. The second kappa shape index (κ2) is 8.77. The van der Waals surface area contributed by atoms with Crippen molar-refractivity contribution in [1.29, 1.82) is 0 Å². The predicted molar refractivity (Wildman–Crippen MR) is 114 cm³/mol. The molecule has 29 heavy (non-hydrogen) atoms. The van der Waals surface area contributed by atoms with Crippen LogP contribution < -0.4 is 21.3 Å². The Morgan fingerprint density at radius 1 is 1.07 bits per heavy atom. The van der Waals surface area contributed by atoms with Crippen molar-refractivity contribution in [3.8, 4) is 5.75 Å². The van der Waals surface area contributed by atoms with E-state index in [0.29, 0.717) is 41.7 Å². The summed E-state index contributed by atoms with van der Waals surface area (Å²) < 4.78 is 7.78. The smallest absolute Gasteiger partial charge is 0.332 e. The van der Waals surface area contributed by atoms with Crippen molar-refractivity contribution in [3.63, 3.8) is 0 Å². The monoisotopic (exact) mass is 395 g/mol. The number of hydrogen-bond donors (Lipinski definition) is 1. The summed E-state index contributed by atoms with van der Waals surface area (Å²) in [5.41, 5.74) is 0.279. The molecule has 0 saturated carbocycles. The topological polar surface area (TPSA) is 82.3 Å². The molecule has 1 atom stereocenters. The van der Waals surface area contributed by atoms with Crippen molar-refractivity contribution in [2.75, 3.05) is 12.4 Å². The predicted octanol–water partition coefficient (Wildman–Crippen LogP) is 3.17. The summed E-state index contributed by atoms with van der Waals surface area (Å²) in [6.45, 7) is 4.05. The third-order valence-corrected chi connectivity index (χ3v) is 4.88. The second-order valence-electron chi connectivity index (χ2n) is 6.77. The minimum Gasteiger partial charge on any atom is -0.497 e. The van der Waals surface area contributed by atoms with Gasteiger partial charge in [0.2, 0.25) is 5.91 Å². The number of anilines is 1. The fourth-order valence-corrected chi connectivity index (χ4v) is 3.44. The van der Waals surface area contributed by atoms with Gasteiger partial charge in [0, 0.05) is 12.2 Å². The maximum atomic E-state index is 13.2. The number of carbonyl (C=O) groups is 1. The number of rotatable bonds is 7. The van der Waals surface area contributed by atoms with Gasteiger partial charge in [-0.15, -0.1) is 0 Å². The number of para-hydroxylation sites is 1. The Balaban J connectivity index is 2.09. The fraction of sp³-hybridized carbons (Fsp3) is 0.318. The number of hydrogen-bond acceptors (Lipinski definition) is 4. The van der Waals surface area contributed by atoms with Gasteiger partial charge in [0.1, 0.15) is 11.8 Å². The molecule has 0 aliphatic rings. The van der Waals surface area contributed by atoms with Crippen molar-refractivity contribution in [1.82, 2.24) is 9.13 Å². The number of nitrogens with zero attached hydrogens (tertiary/aromatic N) is 2. The Bertz CT molecular complexity index is 1130.